The molecule has 16 heavy (non-hydrogen) atoms. The van der Waals surface area contributed by atoms with E-state index in [2.05, 4.69) is 14.7 Å². The zero-order chi connectivity index (χ0) is 12.6. The molecule has 92 valence electrons. The third-order valence-corrected chi connectivity index (χ3v) is 2.46. The van der Waals surface area contributed by atoms with Crippen LogP contribution in [-0.2, 0) is 6.18 Å². The summed E-state index contributed by atoms with van der Waals surface area (Å²) < 4.78 is 59.9. The highest BCUT2D eigenvalue weighted by molar-refractivity contribution is 8.23. The number of alkyl halides is 3. The number of aromatic nitrogens is 2. The van der Waals surface area contributed by atoms with Crippen LogP contribution in [0.2, 0.25) is 0 Å². The number of hydrogen-bond donors (Lipinski definition) is 2. The fourth-order valence-electron chi connectivity index (χ4n) is 0.887. The molecular formula is C7H9F3N2O3S. The largest absolute Gasteiger partial charge is 0.480 e. The van der Waals surface area contributed by atoms with Gasteiger partial charge in [0.1, 0.15) is 5.56 Å². The molecule has 1 aromatic rings. The van der Waals surface area contributed by atoms with Crippen molar-refractivity contribution in [2.24, 2.45) is 0 Å². The lowest BCUT2D eigenvalue weighted by molar-refractivity contribution is -0.139. The molecule has 5 nitrogen and oxygen atoms in total. The number of hydrogen-bond acceptors (Lipinski definition) is 5. The van der Waals surface area contributed by atoms with E-state index in [4.69, 9.17) is 0 Å². The average molecular weight is 258 g/mol. The Morgan fingerprint density at radius 2 is 1.94 bits per heavy atom. The summed E-state index contributed by atoms with van der Waals surface area (Å²) in [6.45, 7) is 0. The van der Waals surface area contributed by atoms with E-state index >= 15 is 0 Å². The molecule has 1 aromatic heterocycles. The predicted molar refractivity (Wildman–Crippen MR) is 50.6 cm³/mol. The highest BCUT2D eigenvalue weighted by Crippen LogP contribution is 2.43. The summed E-state index contributed by atoms with van der Waals surface area (Å²) in [5.41, 5.74) is -1.16. The van der Waals surface area contributed by atoms with Crippen molar-refractivity contribution < 1.29 is 27.0 Å². The molecule has 0 aromatic carbocycles. The predicted octanol–water partition coefficient (Wildman–Crippen LogP) is 2.24. The van der Waals surface area contributed by atoms with Gasteiger partial charge in [-0.1, -0.05) is 0 Å². The lowest BCUT2D eigenvalue weighted by atomic mass is 10.3. The molecule has 0 bridgehead atoms. The van der Waals surface area contributed by atoms with Gasteiger partial charge in [-0.05, 0) is 0 Å². The van der Waals surface area contributed by atoms with Gasteiger partial charge in [-0.2, -0.15) is 18.2 Å². The van der Waals surface area contributed by atoms with E-state index in [1.54, 1.807) is 0 Å². The molecule has 1 heterocycles. The van der Waals surface area contributed by atoms with Crippen molar-refractivity contribution in [3.8, 4) is 5.88 Å². The maximum absolute atomic E-state index is 12.4. The van der Waals surface area contributed by atoms with Crippen molar-refractivity contribution in [2.45, 2.75) is 11.3 Å². The van der Waals surface area contributed by atoms with Gasteiger partial charge in [0, 0.05) is 12.5 Å². The molecule has 0 unspecified atom stereocenters. The van der Waals surface area contributed by atoms with Crippen molar-refractivity contribution in [1.29, 1.82) is 0 Å². The molecule has 0 fully saturated rings. The number of ether oxygens (including phenoxy) is 1. The molecule has 9 heteroatoms. The molecule has 0 aliphatic heterocycles. The van der Waals surface area contributed by atoms with Gasteiger partial charge in [-0.15, -0.1) is 10.6 Å². The second kappa shape index (κ2) is 4.07. The smallest absolute Gasteiger partial charge is 0.423 e. The lowest BCUT2D eigenvalue weighted by Gasteiger charge is -2.24. The normalized spacial score (nSPS) is 13.7. The van der Waals surface area contributed by atoms with Crippen LogP contribution in [0.4, 0.5) is 13.2 Å². The quantitative estimate of drug-likeness (QED) is 0.796. The molecule has 0 radical (unpaired) electrons. The summed E-state index contributed by atoms with van der Waals surface area (Å²) in [7, 11) is -2.26. The maximum atomic E-state index is 12.4. The van der Waals surface area contributed by atoms with Gasteiger partial charge in [0.15, 0.2) is 0 Å². The average Bonchev–Trinajstić information content (AvgIpc) is 2.14. The summed E-state index contributed by atoms with van der Waals surface area (Å²) in [6.07, 6.45) is -3.19. The molecule has 0 spiro atoms. The maximum Gasteiger partial charge on any atom is 0.423 e. The molecule has 0 saturated carbocycles. The molecule has 2 N–H and O–H groups in total. The Morgan fingerprint density at radius 3 is 2.31 bits per heavy atom. The minimum absolute atomic E-state index is 0.457. The first kappa shape index (κ1) is 13.0. The third-order valence-electron chi connectivity index (χ3n) is 1.58. The van der Waals surface area contributed by atoms with E-state index in [-0.39, 0.29) is 0 Å². The number of halogens is 3. The molecule has 0 aliphatic rings. The summed E-state index contributed by atoms with van der Waals surface area (Å²) >= 11 is 0. The van der Waals surface area contributed by atoms with Crippen LogP contribution in [-0.4, -0.2) is 32.4 Å². The Morgan fingerprint density at radius 1 is 1.38 bits per heavy atom. The number of nitrogens with zero attached hydrogens (tertiary/aromatic N) is 2. The third kappa shape index (κ3) is 2.74. The van der Waals surface area contributed by atoms with E-state index in [0.29, 0.717) is 6.20 Å². The Kier molecular flexibility index (Phi) is 3.31. The SMILES string of the molecule is COc1nc(S(C)(O)O)ncc1C(F)(F)F. The van der Waals surface area contributed by atoms with Gasteiger partial charge in [-0.25, -0.2) is 4.98 Å². The lowest BCUT2D eigenvalue weighted by Crippen LogP contribution is -2.12. The van der Waals surface area contributed by atoms with E-state index in [9.17, 15) is 22.3 Å². The summed E-state index contributed by atoms with van der Waals surface area (Å²) in [4.78, 5) is 6.56. The molecular weight excluding hydrogens is 249 g/mol. The van der Waals surface area contributed by atoms with Gasteiger partial charge >= 0.3 is 6.18 Å². The molecule has 1 rings (SSSR count). The number of methoxy groups -OCH3 is 1. The topological polar surface area (TPSA) is 75.5 Å². The highest BCUT2D eigenvalue weighted by atomic mass is 32.3. The number of rotatable bonds is 2. The van der Waals surface area contributed by atoms with E-state index in [1.165, 1.54) is 0 Å². The van der Waals surface area contributed by atoms with E-state index < -0.39 is 33.4 Å². The van der Waals surface area contributed by atoms with Crippen molar-refractivity contribution >= 4 is 10.6 Å². The first-order valence-corrected chi connectivity index (χ1v) is 5.83. The van der Waals surface area contributed by atoms with Crippen LogP contribution in [0.3, 0.4) is 0 Å². The van der Waals surface area contributed by atoms with Gasteiger partial charge in [0.25, 0.3) is 0 Å². The highest BCUT2D eigenvalue weighted by Gasteiger charge is 2.36. The molecule has 0 atom stereocenters. The summed E-state index contributed by atoms with van der Waals surface area (Å²) in [6, 6.07) is 0. The van der Waals surface area contributed by atoms with Crippen LogP contribution in [0.5, 0.6) is 5.88 Å². The summed E-state index contributed by atoms with van der Waals surface area (Å²) in [5, 5.41) is -0.489. The Hall–Kier alpha value is -1.06. The minimum Gasteiger partial charge on any atom is -0.480 e. The van der Waals surface area contributed by atoms with Crippen LogP contribution < -0.4 is 4.74 Å². The fraction of sp³-hybridized carbons (Fsp3) is 0.429. The van der Waals surface area contributed by atoms with Crippen LogP contribution >= 0.6 is 10.6 Å². The second-order valence-corrected chi connectivity index (χ2v) is 4.94. The Labute approximate surface area is 90.6 Å². The Balaban J connectivity index is 3.28. The molecule has 0 aliphatic carbocycles. The minimum atomic E-state index is -4.65. The first-order chi connectivity index (χ1) is 7.16. The van der Waals surface area contributed by atoms with Crippen LogP contribution in [0.25, 0.3) is 0 Å². The summed E-state index contributed by atoms with van der Waals surface area (Å²) in [5.74, 6) is -0.737. The van der Waals surface area contributed by atoms with Crippen LogP contribution in [0, 0.1) is 0 Å². The van der Waals surface area contributed by atoms with Gasteiger partial charge in [-0.3, -0.25) is 9.11 Å². The molecule has 0 saturated heterocycles. The molecule has 0 amide bonds. The van der Waals surface area contributed by atoms with Gasteiger partial charge in [0.05, 0.1) is 7.11 Å². The zero-order valence-corrected chi connectivity index (χ0v) is 9.13. The van der Waals surface area contributed by atoms with Gasteiger partial charge in [0.2, 0.25) is 11.0 Å². The van der Waals surface area contributed by atoms with Crippen molar-refractivity contribution in [1.82, 2.24) is 9.97 Å². The first-order valence-electron chi connectivity index (χ1n) is 3.87. The zero-order valence-electron chi connectivity index (χ0n) is 8.32. The van der Waals surface area contributed by atoms with E-state index in [1.807, 2.05) is 0 Å². The van der Waals surface area contributed by atoms with Crippen molar-refractivity contribution in [2.75, 3.05) is 13.4 Å². The fourth-order valence-corrected chi connectivity index (χ4v) is 1.40. The monoisotopic (exact) mass is 258 g/mol. The van der Waals surface area contributed by atoms with Crippen molar-refractivity contribution in [3.05, 3.63) is 11.8 Å². The second-order valence-electron chi connectivity index (χ2n) is 2.91. The van der Waals surface area contributed by atoms with Crippen LogP contribution in [0.1, 0.15) is 5.56 Å². The van der Waals surface area contributed by atoms with Crippen molar-refractivity contribution in [3.63, 3.8) is 0 Å². The van der Waals surface area contributed by atoms with E-state index in [0.717, 1.165) is 13.4 Å². The standard InChI is InChI=1S/C7H9F3N2O3S/c1-15-5-4(7(8,9)10)3-11-6(12-5)16(2,13)14/h3,13-14H,1-2H3. The van der Waals surface area contributed by atoms with Gasteiger partial charge < -0.3 is 4.74 Å². The van der Waals surface area contributed by atoms with Crippen LogP contribution in [0.15, 0.2) is 11.4 Å². The Bertz CT molecular complexity index is 391.